The maximum absolute atomic E-state index is 2.68. The maximum atomic E-state index is 2.68. The molecule has 45 heavy (non-hydrogen) atoms. The highest BCUT2D eigenvalue weighted by Gasteiger charge is 2.41. The second kappa shape index (κ2) is 8.43. The van der Waals surface area contributed by atoms with Crippen LogP contribution in [0.2, 0.25) is 0 Å². The van der Waals surface area contributed by atoms with Crippen molar-refractivity contribution < 1.29 is 0 Å². The molecule has 0 unspecified atom stereocenters. The molecule has 0 spiro atoms. The van der Waals surface area contributed by atoms with E-state index in [9.17, 15) is 0 Å². The highest BCUT2D eigenvalue weighted by Crippen LogP contribution is 2.47. The van der Waals surface area contributed by atoms with Gasteiger partial charge in [0.15, 0.2) is 0 Å². The van der Waals surface area contributed by atoms with Crippen LogP contribution < -0.4 is 10.9 Å². The lowest BCUT2D eigenvalue weighted by molar-refractivity contribution is 1.17. The summed E-state index contributed by atoms with van der Waals surface area (Å²) in [6.45, 7) is 0.0567. The van der Waals surface area contributed by atoms with Gasteiger partial charge in [0.2, 0.25) is 0 Å². The maximum Gasteiger partial charge on any atom is 0.333 e. The van der Waals surface area contributed by atoms with Crippen LogP contribution in [0.3, 0.4) is 0 Å². The predicted molar refractivity (Wildman–Crippen MR) is 191 cm³/mol. The van der Waals surface area contributed by atoms with Gasteiger partial charge < -0.3 is 9.05 Å². The second-order valence-electron chi connectivity index (χ2n) is 12.5. The number of hydrogen-bond acceptors (Lipinski definition) is 0. The van der Waals surface area contributed by atoms with Crippen molar-refractivity contribution >= 4 is 61.4 Å². The molecule has 0 N–H and O–H groups in total. The monoisotopic (exact) mass is 568 g/mol. The molecule has 2 aliphatic heterocycles. The van der Waals surface area contributed by atoms with Crippen molar-refractivity contribution in [1.29, 1.82) is 0 Å². The molecule has 206 valence electrons. The van der Waals surface area contributed by atoms with Gasteiger partial charge in [0.05, 0.1) is 11.0 Å². The molecule has 11 rings (SSSR count). The van der Waals surface area contributed by atoms with E-state index in [1.165, 1.54) is 93.6 Å². The Labute approximate surface area is 260 Å². The van der Waals surface area contributed by atoms with Gasteiger partial charge in [-0.25, -0.2) is 0 Å². The van der Waals surface area contributed by atoms with E-state index < -0.39 is 0 Å². The second-order valence-corrected chi connectivity index (χ2v) is 12.5. The van der Waals surface area contributed by atoms with E-state index >= 15 is 0 Å². The van der Waals surface area contributed by atoms with Crippen molar-refractivity contribution in [2.75, 3.05) is 0 Å². The molecule has 0 amide bonds. The zero-order valence-corrected chi connectivity index (χ0v) is 24.4. The van der Waals surface area contributed by atoms with Crippen LogP contribution in [0.1, 0.15) is 0 Å². The molecule has 3 heteroatoms. The van der Waals surface area contributed by atoms with Gasteiger partial charge in [-0.05, 0) is 56.9 Å². The average Bonchev–Trinajstić information content (AvgIpc) is 3.63. The lowest BCUT2D eigenvalue weighted by Crippen LogP contribution is -2.55. The van der Waals surface area contributed by atoms with Crippen molar-refractivity contribution in [2.45, 2.75) is 0 Å². The summed E-state index contributed by atoms with van der Waals surface area (Å²) in [6, 6.07) is 56.2. The highest BCUT2D eigenvalue weighted by atomic mass is 15.0. The number of fused-ring (bicyclic) bond motifs is 10. The van der Waals surface area contributed by atoms with Crippen LogP contribution in [0.15, 0.2) is 152 Å². The Morgan fingerprint density at radius 3 is 1.98 bits per heavy atom. The Balaban J connectivity index is 1.37. The highest BCUT2D eigenvalue weighted by molar-refractivity contribution is 6.90. The molecular formula is C42H25BN2. The van der Waals surface area contributed by atoms with Crippen molar-refractivity contribution in [2.24, 2.45) is 0 Å². The lowest BCUT2D eigenvalue weighted by Gasteiger charge is -2.34. The van der Waals surface area contributed by atoms with Crippen LogP contribution in [-0.2, 0) is 0 Å². The third-order valence-corrected chi connectivity index (χ3v) is 10.3. The summed E-state index contributed by atoms with van der Waals surface area (Å²) in [5.41, 5.74) is 16.9. The van der Waals surface area contributed by atoms with Crippen LogP contribution in [-0.4, -0.2) is 15.9 Å². The number of nitrogens with zero attached hydrogens (tertiary/aromatic N) is 2. The number of aromatic nitrogens is 2. The third kappa shape index (κ3) is 2.91. The van der Waals surface area contributed by atoms with Crippen LogP contribution in [0, 0.1) is 0 Å². The normalized spacial score (nSPS) is 12.8. The van der Waals surface area contributed by atoms with Crippen molar-refractivity contribution in [3.63, 3.8) is 0 Å². The zero-order valence-electron chi connectivity index (χ0n) is 24.4. The molecule has 9 aromatic rings. The Morgan fingerprint density at radius 1 is 0.422 bits per heavy atom. The number of para-hydroxylation sites is 2. The van der Waals surface area contributed by atoms with Gasteiger partial charge in [0.1, 0.15) is 0 Å². The average molecular weight is 568 g/mol. The van der Waals surface area contributed by atoms with E-state index in [1.54, 1.807) is 0 Å². The van der Waals surface area contributed by atoms with Gasteiger partial charge >= 0.3 is 6.85 Å². The van der Waals surface area contributed by atoms with E-state index in [-0.39, 0.29) is 6.85 Å². The van der Waals surface area contributed by atoms with Gasteiger partial charge in [0, 0.05) is 43.8 Å². The number of hydrogen-bond donors (Lipinski definition) is 0. The van der Waals surface area contributed by atoms with Crippen molar-refractivity contribution in [3.8, 4) is 39.1 Å². The van der Waals surface area contributed by atoms with Crippen LogP contribution in [0.25, 0.3) is 82.7 Å². The molecule has 7 aromatic carbocycles. The first-order chi connectivity index (χ1) is 22.4. The van der Waals surface area contributed by atoms with Crippen LogP contribution in [0.4, 0.5) is 0 Å². The Bertz CT molecular complexity index is 2700. The van der Waals surface area contributed by atoms with Gasteiger partial charge in [-0.1, -0.05) is 133 Å². The van der Waals surface area contributed by atoms with Gasteiger partial charge in [-0.2, -0.15) is 0 Å². The van der Waals surface area contributed by atoms with E-state index in [0.717, 1.165) is 0 Å². The number of benzene rings is 7. The lowest BCUT2D eigenvalue weighted by atomic mass is 9.45. The molecular weight excluding hydrogens is 543 g/mol. The molecule has 0 fully saturated rings. The Hall–Kier alpha value is -5.80. The first kappa shape index (κ1) is 23.6. The fraction of sp³-hybridized carbons (Fsp3) is 0. The quantitative estimate of drug-likeness (QED) is 0.184. The summed E-state index contributed by atoms with van der Waals surface area (Å²) in [4.78, 5) is 0. The standard InChI is InChI=1S/C42H25BN2/c1-3-11-26(12-4-1)28-21-22-31-33-24-23-29(27-13-5-2-6-14-27)39-34-17-10-20-37-40(34)43(45(42(33)39)38(31)25-28)35-18-9-16-32-30-15-7-8-19-36(30)44(37)41(32)35/h1-25H. The number of rotatable bonds is 2. The molecule has 2 aliphatic rings. The SMILES string of the molecule is c1ccc(-c2ccc3c4ccc(-c5ccccc5)c5c4n(c3c2)B2c3c-5cccc3-n3c4ccccc4c4cccc2c43)cc1. The minimum Gasteiger partial charge on any atom is -0.375 e. The first-order valence-electron chi connectivity index (χ1n) is 15.7. The van der Waals surface area contributed by atoms with E-state index in [4.69, 9.17) is 0 Å². The van der Waals surface area contributed by atoms with Crippen LogP contribution >= 0.6 is 0 Å². The predicted octanol–water partition coefficient (Wildman–Crippen LogP) is 9.17. The molecule has 0 bridgehead atoms. The van der Waals surface area contributed by atoms with Gasteiger partial charge in [0.25, 0.3) is 0 Å². The van der Waals surface area contributed by atoms with Crippen LogP contribution in [0.5, 0.6) is 0 Å². The van der Waals surface area contributed by atoms with E-state index in [2.05, 4.69) is 161 Å². The minimum absolute atomic E-state index is 0.0567. The smallest absolute Gasteiger partial charge is 0.333 e. The molecule has 0 saturated carbocycles. The molecule has 0 saturated heterocycles. The topological polar surface area (TPSA) is 9.86 Å². The Kier molecular flexibility index (Phi) is 4.43. The fourth-order valence-corrected chi connectivity index (χ4v) is 8.54. The summed E-state index contributed by atoms with van der Waals surface area (Å²) in [7, 11) is 0. The molecule has 2 aromatic heterocycles. The third-order valence-electron chi connectivity index (χ3n) is 10.3. The molecule has 0 radical (unpaired) electrons. The summed E-state index contributed by atoms with van der Waals surface area (Å²) in [5, 5.41) is 5.24. The minimum atomic E-state index is 0.0567. The van der Waals surface area contributed by atoms with E-state index in [0.29, 0.717) is 0 Å². The molecule has 0 atom stereocenters. The fourth-order valence-electron chi connectivity index (χ4n) is 8.54. The Morgan fingerprint density at radius 2 is 1.11 bits per heavy atom. The largest absolute Gasteiger partial charge is 0.375 e. The molecule has 0 aliphatic carbocycles. The molecule has 4 heterocycles. The summed E-state index contributed by atoms with van der Waals surface area (Å²) >= 11 is 0. The first-order valence-corrected chi connectivity index (χ1v) is 15.7. The summed E-state index contributed by atoms with van der Waals surface area (Å²) in [6.07, 6.45) is 0. The van der Waals surface area contributed by atoms with Crippen molar-refractivity contribution in [3.05, 3.63) is 152 Å². The van der Waals surface area contributed by atoms with Gasteiger partial charge in [-0.3, -0.25) is 0 Å². The summed E-state index contributed by atoms with van der Waals surface area (Å²) < 4.78 is 5.21. The van der Waals surface area contributed by atoms with Gasteiger partial charge in [-0.15, -0.1) is 0 Å². The molecule has 2 nitrogen and oxygen atoms in total. The summed E-state index contributed by atoms with van der Waals surface area (Å²) in [5.74, 6) is 0. The van der Waals surface area contributed by atoms with E-state index in [1.807, 2.05) is 0 Å². The zero-order chi connectivity index (χ0) is 29.2. The van der Waals surface area contributed by atoms with Crippen molar-refractivity contribution in [1.82, 2.24) is 9.05 Å².